The molecule has 2 heterocycles. The molecule has 1 aliphatic rings. The summed E-state index contributed by atoms with van der Waals surface area (Å²) in [5.74, 6) is -0.0785. The molecule has 0 spiro atoms. The van der Waals surface area contributed by atoms with Gasteiger partial charge in [-0.25, -0.2) is 0 Å². The molecule has 1 aliphatic heterocycles. The highest BCUT2D eigenvalue weighted by atomic mass is 32.1. The fraction of sp³-hybridized carbons (Fsp3) is 0.364. The third kappa shape index (κ3) is 4.41. The summed E-state index contributed by atoms with van der Waals surface area (Å²) in [7, 11) is 0. The van der Waals surface area contributed by atoms with Gasteiger partial charge in [-0.05, 0) is 42.9 Å². The molecule has 28 heavy (non-hydrogen) atoms. The van der Waals surface area contributed by atoms with E-state index >= 15 is 0 Å². The Morgan fingerprint density at radius 2 is 2.04 bits per heavy atom. The second-order valence-corrected chi connectivity index (χ2v) is 8.14. The lowest BCUT2D eigenvalue weighted by molar-refractivity contribution is 0.0811. The number of carbonyl (C=O) groups excluding carboxylic acids is 1. The van der Waals surface area contributed by atoms with Crippen LogP contribution in [0, 0.1) is 6.92 Å². The number of fused-ring (bicyclic) bond motifs is 1. The Morgan fingerprint density at radius 1 is 1.21 bits per heavy atom. The fourth-order valence-corrected chi connectivity index (χ4v) is 4.55. The molecule has 1 amide bonds. The summed E-state index contributed by atoms with van der Waals surface area (Å²) in [6.45, 7) is 5.91. The van der Waals surface area contributed by atoms with E-state index in [1.54, 1.807) is 0 Å². The van der Waals surface area contributed by atoms with Crippen molar-refractivity contribution in [1.82, 2.24) is 19.9 Å². The summed E-state index contributed by atoms with van der Waals surface area (Å²) < 4.78 is 5.47. The molecule has 1 saturated heterocycles. The van der Waals surface area contributed by atoms with Crippen molar-refractivity contribution in [2.75, 3.05) is 26.2 Å². The molecular formula is C22H26N4OS. The molecule has 0 radical (unpaired) electrons. The van der Waals surface area contributed by atoms with E-state index in [1.165, 1.54) is 22.7 Å². The minimum atomic E-state index is -0.0785. The second-order valence-electron chi connectivity index (χ2n) is 7.33. The van der Waals surface area contributed by atoms with Gasteiger partial charge in [0.05, 0.1) is 10.9 Å². The van der Waals surface area contributed by atoms with Crippen molar-refractivity contribution in [2.45, 2.75) is 25.9 Å². The zero-order valence-electron chi connectivity index (χ0n) is 16.1. The first-order valence-electron chi connectivity index (χ1n) is 9.86. The van der Waals surface area contributed by atoms with E-state index in [1.807, 2.05) is 24.3 Å². The van der Waals surface area contributed by atoms with E-state index in [2.05, 4.69) is 51.1 Å². The predicted molar refractivity (Wildman–Crippen MR) is 115 cm³/mol. The third-order valence-electron chi connectivity index (χ3n) is 5.27. The third-order valence-corrected chi connectivity index (χ3v) is 6.10. The Labute approximate surface area is 169 Å². The summed E-state index contributed by atoms with van der Waals surface area (Å²) >= 11 is 1.38. The molecular weight excluding hydrogens is 368 g/mol. The van der Waals surface area contributed by atoms with Gasteiger partial charge < -0.3 is 10.6 Å². The number of benzene rings is 2. The molecule has 1 atom stereocenters. The lowest BCUT2D eigenvalue weighted by Gasteiger charge is -2.35. The van der Waals surface area contributed by atoms with E-state index in [-0.39, 0.29) is 12.1 Å². The van der Waals surface area contributed by atoms with Crippen molar-refractivity contribution in [3.63, 3.8) is 0 Å². The first kappa shape index (κ1) is 19.1. The Bertz CT molecular complexity index is 948. The topological polar surface area (TPSA) is 57.3 Å². The normalized spacial score (nSPS) is 16.2. The summed E-state index contributed by atoms with van der Waals surface area (Å²) in [5.41, 5.74) is 3.12. The molecule has 2 aromatic carbocycles. The van der Waals surface area contributed by atoms with Gasteiger partial charge in [-0.15, -0.1) is 0 Å². The molecule has 1 aromatic heterocycles. The number of amides is 1. The lowest BCUT2D eigenvalue weighted by Crippen LogP contribution is -2.55. The highest BCUT2D eigenvalue weighted by Gasteiger charge is 2.24. The van der Waals surface area contributed by atoms with E-state index in [0.717, 1.165) is 49.1 Å². The minimum absolute atomic E-state index is 0.00979. The highest BCUT2D eigenvalue weighted by molar-refractivity contribution is 7.13. The number of hydrogen-bond acceptors (Lipinski definition) is 5. The molecule has 3 aromatic rings. The summed E-state index contributed by atoms with van der Waals surface area (Å²) in [4.78, 5) is 15.4. The molecule has 4 rings (SSSR count). The van der Waals surface area contributed by atoms with Crippen LogP contribution >= 0.6 is 11.5 Å². The van der Waals surface area contributed by atoms with Gasteiger partial charge in [0.15, 0.2) is 0 Å². The van der Waals surface area contributed by atoms with Crippen molar-refractivity contribution in [1.29, 1.82) is 0 Å². The number of hydrogen-bond donors (Lipinski definition) is 2. The quantitative estimate of drug-likeness (QED) is 0.674. The van der Waals surface area contributed by atoms with Gasteiger partial charge in [0.25, 0.3) is 5.91 Å². The monoisotopic (exact) mass is 394 g/mol. The van der Waals surface area contributed by atoms with Gasteiger partial charge in [0, 0.05) is 31.6 Å². The van der Waals surface area contributed by atoms with Crippen LogP contribution in [0.15, 0.2) is 48.5 Å². The fourth-order valence-electron chi connectivity index (χ4n) is 3.78. The number of nitrogens with zero attached hydrogens (tertiary/aromatic N) is 2. The Hall–Kier alpha value is -2.28. The van der Waals surface area contributed by atoms with Gasteiger partial charge in [0.2, 0.25) is 0 Å². The maximum Gasteiger partial charge on any atom is 0.272 e. The highest BCUT2D eigenvalue weighted by Crippen LogP contribution is 2.22. The molecule has 2 N–H and O–H groups in total. The summed E-state index contributed by atoms with van der Waals surface area (Å²) in [6.07, 6.45) is 1.83. The average Bonchev–Trinajstić information content (AvgIpc) is 3.16. The maximum atomic E-state index is 13.0. The van der Waals surface area contributed by atoms with Crippen molar-refractivity contribution < 1.29 is 4.79 Å². The smallest absolute Gasteiger partial charge is 0.272 e. The standard InChI is InChI=1S/C22H26N4OS/c1-16-5-4-6-17(15-16)9-10-20(26-13-11-23-12-14-26)24-22(27)21-18-7-2-3-8-19(18)28-25-21/h2-8,15,20,23H,9-14H2,1H3,(H,24,27). The van der Waals surface area contributed by atoms with Crippen LogP contribution in [-0.2, 0) is 6.42 Å². The van der Waals surface area contributed by atoms with Crippen LogP contribution < -0.4 is 10.6 Å². The van der Waals surface area contributed by atoms with Crippen LogP contribution in [0.2, 0.25) is 0 Å². The Morgan fingerprint density at radius 3 is 2.86 bits per heavy atom. The summed E-state index contributed by atoms with van der Waals surface area (Å²) in [5, 5.41) is 7.59. The van der Waals surface area contributed by atoms with Gasteiger partial charge in [0.1, 0.15) is 5.69 Å². The number of aromatic nitrogens is 1. The number of carbonyl (C=O) groups is 1. The van der Waals surface area contributed by atoms with E-state index < -0.39 is 0 Å². The number of nitrogens with one attached hydrogen (secondary N) is 2. The van der Waals surface area contributed by atoms with Crippen molar-refractivity contribution in [3.05, 3.63) is 65.4 Å². The summed E-state index contributed by atoms with van der Waals surface area (Å²) in [6, 6.07) is 16.5. The van der Waals surface area contributed by atoms with Crippen LogP contribution in [0.4, 0.5) is 0 Å². The molecule has 1 fully saturated rings. The lowest BCUT2D eigenvalue weighted by atomic mass is 10.0. The molecule has 0 aliphatic carbocycles. The second kappa shape index (κ2) is 8.82. The van der Waals surface area contributed by atoms with Crippen molar-refractivity contribution in [2.24, 2.45) is 0 Å². The molecule has 146 valence electrons. The first-order valence-corrected chi connectivity index (χ1v) is 10.6. The van der Waals surface area contributed by atoms with E-state index in [4.69, 9.17) is 0 Å². The molecule has 0 saturated carbocycles. The number of aryl methyl sites for hydroxylation is 2. The average molecular weight is 395 g/mol. The predicted octanol–water partition coefficient (Wildman–Crippen LogP) is 3.20. The minimum Gasteiger partial charge on any atom is -0.335 e. The zero-order valence-corrected chi connectivity index (χ0v) is 17.0. The van der Waals surface area contributed by atoms with E-state index in [0.29, 0.717) is 5.69 Å². The molecule has 5 nitrogen and oxygen atoms in total. The first-order chi connectivity index (χ1) is 13.7. The van der Waals surface area contributed by atoms with Gasteiger partial charge >= 0.3 is 0 Å². The van der Waals surface area contributed by atoms with Gasteiger partial charge in [-0.3, -0.25) is 9.69 Å². The van der Waals surface area contributed by atoms with Crippen LogP contribution in [0.1, 0.15) is 28.0 Å². The number of rotatable bonds is 6. The molecule has 1 unspecified atom stereocenters. The Balaban J connectivity index is 1.50. The van der Waals surface area contributed by atoms with Crippen LogP contribution in [0.5, 0.6) is 0 Å². The number of piperazine rings is 1. The van der Waals surface area contributed by atoms with Crippen molar-refractivity contribution >= 4 is 27.5 Å². The SMILES string of the molecule is Cc1cccc(CCC(NC(=O)c2nsc3ccccc23)N2CCNCC2)c1. The van der Waals surface area contributed by atoms with Crippen LogP contribution in [0.25, 0.3) is 10.1 Å². The Kier molecular flexibility index (Phi) is 6.00. The van der Waals surface area contributed by atoms with Gasteiger partial charge in [-0.2, -0.15) is 4.37 Å². The van der Waals surface area contributed by atoms with E-state index in [9.17, 15) is 4.79 Å². The van der Waals surface area contributed by atoms with Gasteiger partial charge in [-0.1, -0.05) is 48.0 Å². The van der Waals surface area contributed by atoms with Crippen LogP contribution in [0.3, 0.4) is 0 Å². The zero-order chi connectivity index (χ0) is 19.3. The maximum absolute atomic E-state index is 13.0. The molecule has 6 heteroatoms. The largest absolute Gasteiger partial charge is 0.335 e. The van der Waals surface area contributed by atoms with Crippen LogP contribution in [-0.4, -0.2) is 47.5 Å². The van der Waals surface area contributed by atoms with Crippen molar-refractivity contribution in [3.8, 4) is 0 Å². The molecule has 0 bridgehead atoms.